The number of ketones is 1. The van der Waals surface area contributed by atoms with Crippen LogP contribution >= 0.6 is 15.9 Å². The van der Waals surface area contributed by atoms with Gasteiger partial charge in [0.2, 0.25) is 0 Å². The summed E-state index contributed by atoms with van der Waals surface area (Å²) >= 11 is 3.46. The summed E-state index contributed by atoms with van der Waals surface area (Å²) in [5.74, 6) is -0.580. The minimum absolute atomic E-state index is 0.120. The summed E-state index contributed by atoms with van der Waals surface area (Å²) in [5, 5.41) is 0. The molecule has 1 aliphatic rings. The number of halogens is 1. The van der Waals surface area contributed by atoms with Gasteiger partial charge in [-0.25, -0.2) is 0 Å². The van der Waals surface area contributed by atoms with Crippen molar-refractivity contribution in [3.63, 3.8) is 0 Å². The number of hydrogen-bond donors (Lipinski definition) is 0. The zero-order valence-corrected chi connectivity index (χ0v) is 11.1. The molecule has 0 unspecified atom stereocenters. The predicted molar refractivity (Wildman–Crippen MR) is 66.8 cm³/mol. The molecule has 0 radical (unpaired) electrons. The third-order valence-corrected chi connectivity index (χ3v) is 3.81. The summed E-state index contributed by atoms with van der Waals surface area (Å²) in [4.78, 5) is 23.3. The number of carbonyl (C=O) groups excluding carboxylic acids is 2. The number of aryl methyl sites for hydroxylation is 1. The third kappa shape index (κ3) is 2.41. The highest BCUT2D eigenvalue weighted by atomic mass is 79.9. The Labute approximate surface area is 108 Å². The first kappa shape index (κ1) is 12.3. The van der Waals surface area contributed by atoms with Gasteiger partial charge in [0.1, 0.15) is 5.78 Å². The normalized spacial score (nSPS) is 18.7. The van der Waals surface area contributed by atoms with E-state index in [0.717, 1.165) is 22.0 Å². The van der Waals surface area contributed by atoms with Gasteiger partial charge >= 0.3 is 5.97 Å². The number of Topliss-reactive ketones (excluding diaryl/α,β-unsaturated/α-hetero) is 1. The molecule has 1 aromatic carbocycles. The van der Waals surface area contributed by atoms with Gasteiger partial charge in [0.25, 0.3) is 0 Å². The van der Waals surface area contributed by atoms with Gasteiger partial charge in [0, 0.05) is 10.9 Å². The topological polar surface area (TPSA) is 43.4 Å². The van der Waals surface area contributed by atoms with Gasteiger partial charge in [-0.1, -0.05) is 28.1 Å². The molecule has 0 saturated heterocycles. The molecule has 4 heteroatoms. The molecule has 1 atom stereocenters. The minimum atomic E-state index is -0.359. The van der Waals surface area contributed by atoms with Crippen LogP contribution in [0.3, 0.4) is 0 Å². The average Bonchev–Trinajstić information content (AvgIpc) is 2.33. The van der Waals surface area contributed by atoms with Crippen molar-refractivity contribution >= 4 is 27.7 Å². The van der Waals surface area contributed by atoms with E-state index in [1.807, 2.05) is 18.2 Å². The summed E-state index contributed by atoms with van der Waals surface area (Å²) in [6.07, 6.45) is 1.39. The minimum Gasteiger partial charge on any atom is -0.469 e. The zero-order valence-electron chi connectivity index (χ0n) is 9.53. The fourth-order valence-electron chi connectivity index (χ4n) is 2.25. The average molecular weight is 297 g/mol. The van der Waals surface area contributed by atoms with Crippen molar-refractivity contribution < 1.29 is 14.3 Å². The van der Waals surface area contributed by atoms with Gasteiger partial charge in [0.15, 0.2) is 0 Å². The molecular weight excluding hydrogens is 284 g/mol. The number of ether oxygens (including phenoxy) is 1. The SMILES string of the molecule is COC(=O)C[C@H]1C(=O)CCc2cccc(Br)c21. The second-order valence-electron chi connectivity index (χ2n) is 4.11. The summed E-state index contributed by atoms with van der Waals surface area (Å²) in [6.45, 7) is 0. The summed E-state index contributed by atoms with van der Waals surface area (Å²) in [5.41, 5.74) is 2.10. The van der Waals surface area contributed by atoms with Crippen molar-refractivity contribution in [3.05, 3.63) is 33.8 Å². The molecular formula is C13H13BrO3. The van der Waals surface area contributed by atoms with Crippen LogP contribution in [0.15, 0.2) is 22.7 Å². The van der Waals surface area contributed by atoms with Crippen molar-refractivity contribution in [2.45, 2.75) is 25.2 Å². The van der Waals surface area contributed by atoms with Gasteiger partial charge in [-0.15, -0.1) is 0 Å². The largest absolute Gasteiger partial charge is 0.469 e. The molecule has 1 aromatic rings. The van der Waals surface area contributed by atoms with Crippen molar-refractivity contribution in [2.75, 3.05) is 7.11 Å². The molecule has 17 heavy (non-hydrogen) atoms. The number of esters is 1. The maximum atomic E-state index is 11.9. The molecule has 1 aliphatic carbocycles. The van der Waals surface area contributed by atoms with Crippen LogP contribution in [-0.4, -0.2) is 18.9 Å². The van der Waals surface area contributed by atoms with Crippen molar-refractivity contribution in [1.82, 2.24) is 0 Å². The first-order valence-corrected chi connectivity index (χ1v) is 6.29. The predicted octanol–water partition coefficient (Wildman–Crippen LogP) is 2.61. The van der Waals surface area contributed by atoms with Crippen LogP contribution in [0.5, 0.6) is 0 Å². The van der Waals surface area contributed by atoms with E-state index in [0.29, 0.717) is 6.42 Å². The number of benzene rings is 1. The van der Waals surface area contributed by atoms with Crippen LogP contribution in [0.1, 0.15) is 29.9 Å². The van der Waals surface area contributed by atoms with E-state index in [9.17, 15) is 9.59 Å². The number of hydrogen-bond acceptors (Lipinski definition) is 3. The Morgan fingerprint density at radius 1 is 1.47 bits per heavy atom. The van der Waals surface area contributed by atoms with E-state index in [-0.39, 0.29) is 24.1 Å². The standard InChI is InChI=1S/C13H13BrO3/c1-17-12(16)7-9-11(15)6-5-8-3-2-4-10(14)13(8)9/h2-4,9H,5-7H2,1H3/t9-/m0/s1. The number of carbonyl (C=O) groups is 2. The summed E-state index contributed by atoms with van der Waals surface area (Å²) in [6, 6.07) is 5.87. The van der Waals surface area contributed by atoms with Crippen LogP contribution in [0.2, 0.25) is 0 Å². The lowest BCUT2D eigenvalue weighted by atomic mass is 9.80. The van der Waals surface area contributed by atoms with E-state index in [1.54, 1.807) is 0 Å². The molecule has 0 fully saturated rings. The molecule has 0 aromatic heterocycles. The smallest absolute Gasteiger partial charge is 0.306 e. The molecule has 90 valence electrons. The highest BCUT2D eigenvalue weighted by Gasteiger charge is 2.31. The first-order valence-electron chi connectivity index (χ1n) is 5.50. The number of methoxy groups -OCH3 is 1. The maximum absolute atomic E-state index is 11.9. The molecule has 0 bridgehead atoms. The third-order valence-electron chi connectivity index (χ3n) is 3.12. The lowest BCUT2D eigenvalue weighted by molar-refractivity contribution is -0.142. The van der Waals surface area contributed by atoms with Crippen molar-refractivity contribution in [1.29, 1.82) is 0 Å². The Morgan fingerprint density at radius 2 is 2.24 bits per heavy atom. The quantitative estimate of drug-likeness (QED) is 0.788. The second-order valence-corrected chi connectivity index (χ2v) is 4.97. The van der Waals surface area contributed by atoms with E-state index in [1.165, 1.54) is 7.11 Å². The monoisotopic (exact) mass is 296 g/mol. The Hall–Kier alpha value is -1.16. The van der Waals surface area contributed by atoms with Gasteiger partial charge in [-0.3, -0.25) is 9.59 Å². The highest BCUT2D eigenvalue weighted by Crippen LogP contribution is 2.36. The highest BCUT2D eigenvalue weighted by molar-refractivity contribution is 9.10. The molecule has 2 rings (SSSR count). The van der Waals surface area contributed by atoms with Gasteiger partial charge in [0.05, 0.1) is 19.4 Å². The molecule has 0 N–H and O–H groups in total. The number of rotatable bonds is 2. The van der Waals surface area contributed by atoms with Gasteiger partial charge in [-0.2, -0.15) is 0 Å². The van der Waals surface area contributed by atoms with Crippen LogP contribution < -0.4 is 0 Å². The molecule has 0 saturated carbocycles. The van der Waals surface area contributed by atoms with Crippen molar-refractivity contribution in [2.24, 2.45) is 0 Å². The Kier molecular flexibility index (Phi) is 3.62. The van der Waals surface area contributed by atoms with Gasteiger partial charge < -0.3 is 4.74 Å². The molecule has 0 amide bonds. The van der Waals surface area contributed by atoms with E-state index in [4.69, 9.17) is 0 Å². The van der Waals surface area contributed by atoms with E-state index < -0.39 is 0 Å². The number of fused-ring (bicyclic) bond motifs is 1. The van der Waals surface area contributed by atoms with E-state index in [2.05, 4.69) is 20.7 Å². The second kappa shape index (κ2) is 5.00. The molecule has 0 spiro atoms. The van der Waals surface area contributed by atoms with Crippen LogP contribution in [0.4, 0.5) is 0 Å². The zero-order chi connectivity index (χ0) is 12.4. The summed E-state index contributed by atoms with van der Waals surface area (Å²) in [7, 11) is 1.34. The fraction of sp³-hybridized carbons (Fsp3) is 0.385. The molecule has 0 heterocycles. The van der Waals surface area contributed by atoms with Crippen LogP contribution in [-0.2, 0) is 20.7 Å². The fourth-order valence-corrected chi connectivity index (χ4v) is 2.93. The lowest BCUT2D eigenvalue weighted by Crippen LogP contribution is -2.24. The summed E-state index contributed by atoms with van der Waals surface area (Å²) < 4.78 is 5.55. The lowest BCUT2D eigenvalue weighted by Gasteiger charge is -2.24. The van der Waals surface area contributed by atoms with Crippen molar-refractivity contribution in [3.8, 4) is 0 Å². The maximum Gasteiger partial charge on any atom is 0.306 e. The molecule has 0 aliphatic heterocycles. The van der Waals surface area contributed by atoms with Gasteiger partial charge in [-0.05, 0) is 23.6 Å². The van der Waals surface area contributed by atoms with Crippen LogP contribution in [0, 0.1) is 0 Å². The van der Waals surface area contributed by atoms with E-state index >= 15 is 0 Å². The Morgan fingerprint density at radius 3 is 2.94 bits per heavy atom. The Balaban J connectivity index is 2.39. The van der Waals surface area contributed by atoms with Crippen LogP contribution in [0.25, 0.3) is 0 Å². The Bertz CT molecular complexity index is 468. The molecule has 3 nitrogen and oxygen atoms in total. The first-order chi connectivity index (χ1) is 8.13.